The van der Waals surface area contributed by atoms with Gasteiger partial charge in [-0.2, -0.15) is 0 Å². The summed E-state index contributed by atoms with van der Waals surface area (Å²) in [5.41, 5.74) is 2.40. The lowest BCUT2D eigenvalue weighted by atomic mass is 9.97. The molecule has 5 rings (SSSR count). The van der Waals surface area contributed by atoms with Gasteiger partial charge in [-0.1, -0.05) is 30.7 Å². The van der Waals surface area contributed by atoms with Crippen LogP contribution in [0.5, 0.6) is 0 Å². The van der Waals surface area contributed by atoms with E-state index < -0.39 is 5.97 Å². The highest BCUT2D eigenvalue weighted by molar-refractivity contribution is 6.33. The lowest BCUT2D eigenvalue weighted by molar-refractivity contribution is 0.0610. The molecule has 1 aromatic carbocycles. The number of hydrogen-bond acceptors (Lipinski definition) is 6. The maximum Gasteiger partial charge on any atom is 0.335 e. The van der Waals surface area contributed by atoms with Crippen molar-refractivity contribution in [3.63, 3.8) is 0 Å². The number of halogens is 1. The van der Waals surface area contributed by atoms with Crippen LogP contribution in [0.25, 0.3) is 11.4 Å². The molecule has 36 heavy (non-hydrogen) atoms. The Bertz CT molecular complexity index is 1160. The minimum atomic E-state index is -0.878. The molecule has 3 aromatic rings. The van der Waals surface area contributed by atoms with Crippen LogP contribution in [-0.2, 0) is 6.54 Å². The van der Waals surface area contributed by atoms with E-state index in [2.05, 4.69) is 31.6 Å². The summed E-state index contributed by atoms with van der Waals surface area (Å²) >= 11 is 6.67. The first kappa shape index (κ1) is 24.7. The first-order valence-corrected chi connectivity index (χ1v) is 13.1. The van der Waals surface area contributed by atoms with Crippen LogP contribution in [0.15, 0.2) is 48.9 Å². The number of nitrogens with zero attached hydrogens (tertiary/aromatic N) is 5. The second-order valence-electron chi connectivity index (χ2n) is 9.72. The van der Waals surface area contributed by atoms with Gasteiger partial charge in [0, 0.05) is 62.4 Å². The minimum absolute atomic E-state index is 0.340. The van der Waals surface area contributed by atoms with Crippen molar-refractivity contribution in [2.75, 3.05) is 37.6 Å². The Morgan fingerprint density at radius 1 is 1.14 bits per heavy atom. The number of pyridine rings is 1. The first-order chi connectivity index (χ1) is 17.5. The smallest absolute Gasteiger partial charge is 0.335 e. The number of aromatic nitrogens is 3. The second kappa shape index (κ2) is 11.0. The van der Waals surface area contributed by atoms with E-state index in [4.69, 9.17) is 21.7 Å². The van der Waals surface area contributed by atoms with E-state index in [9.17, 15) is 4.79 Å². The van der Waals surface area contributed by atoms with E-state index in [-0.39, 0.29) is 0 Å². The maximum atomic E-state index is 11.1. The number of rotatable bonds is 7. The van der Waals surface area contributed by atoms with E-state index in [1.54, 1.807) is 24.5 Å². The fraction of sp³-hybridized carbons (Fsp3) is 0.444. The number of benzene rings is 1. The topological polar surface area (TPSA) is 88.6 Å². The molecule has 2 aliphatic rings. The first-order valence-electron chi connectivity index (χ1n) is 12.7. The predicted molar refractivity (Wildman–Crippen MR) is 142 cm³/mol. The van der Waals surface area contributed by atoms with Crippen molar-refractivity contribution in [2.24, 2.45) is 0 Å². The van der Waals surface area contributed by atoms with E-state index >= 15 is 0 Å². The Hall–Kier alpha value is -2.94. The molecule has 4 heterocycles. The molecule has 2 aliphatic heterocycles. The van der Waals surface area contributed by atoms with E-state index in [0.717, 1.165) is 75.7 Å². The maximum absolute atomic E-state index is 11.1. The summed E-state index contributed by atoms with van der Waals surface area (Å²) in [6.07, 6.45) is 8.77. The number of carboxylic acid groups (broad SMARTS) is 1. The number of imidazole rings is 1. The van der Waals surface area contributed by atoms with Gasteiger partial charge in [0.15, 0.2) is 0 Å². The summed E-state index contributed by atoms with van der Waals surface area (Å²) in [6, 6.07) is 10.3. The van der Waals surface area contributed by atoms with Gasteiger partial charge in [-0.15, -0.1) is 0 Å². The third-order valence-corrected chi connectivity index (χ3v) is 7.80. The molecular weight excluding hydrogens is 476 g/mol. The summed E-state index contributed by atoms with van der Waals surface area (Å²) < 4.78 is 0. The molecule has 8 nitrogen and oxygen atoms in total. The van der Waals surface area contributed by atoms with Crippen molar-refractivity contribution < 1.29 is 9.90 Å². The Balaban J connectivity index is 1.16. The van der Waals surface area contributed by atoms with Gasteiger partial charge in [0.1, 0.15) is 11.6 Å². The minimum Gasteiger partial charge on any atom is -0.478 e. The molecule has 9 heteroatoms. The molecular formula is C27H33ClN6O2. The third-order valence-electron chi connectivity index (χ3n) is 7.53. The highest BCUT2D eigenvalue weighted by Gasteiger charge is 2.34. The number of aromatic amines is 1. The van der Waals surface area contributed by atoms with Gasteiger partial charge >= 0.3 is 5.97 Å². The van der Waals surface area contributed by atoms with Crippen LogP contribution in [0.1, 0.15) is 42.1 Å². The van der Waals surface area contributed by atoms with Gasteiger partial charge in [0.05, 0.1) is 10.6 Å². The van der Waals surface area contributed by atoms with Crippen molar-refractivity contribution in [2.45, 2.75) is 44.8 Å². The summed E-state index contributed by atoms with van der Waals surface area (Å²) in [5, 5.41) is 9.77. The molecule has 0 amide bonds. The number of nitrogens with one attached hydrogen (secondary N) is 1. The summed E-state index contributed by atoms with van der Waals surface area (Å²) in [5.74, 6) is 0.751. The number of anilines is 1. The third kappa shape index (κ3) is 5.40. The molecule has 0 bridgehead atoms. The zero-order valence-corrected chi connectivity index (χ0v) is 21.4. The van der Waals surface area contributed by atoms with Gasteiger partial charge in [0.25, 0.3) is 0 Å². The molecule has 0 radical (unpaired) electrons. The molecule has 0 aliphatic carbocycles. The molecule has 2 fully saturated rings. The second-order valence-corrected chi connectivity index (χ2v) is 10.1. The van der Waals surface area contributed by atoms with Crippen LogP contribution in [0.3, 0.4) is 0 Å². The molecule has 2 N–H and O–H groups in total. The number of hydrogen-bond donors (Lipinski definition) is 2. The predicted octanol–water partition coefficient (Wildman–Crippen LogP) is 4.39. The monoisotopic (exact) mass is 508 g/mol. The summed E-state index contributed by atoms with van der Waals surface area (Å²) in [4.78, 5) is 30.7. The molecule has 0 unspecified atom stereocenters. The summed E-state index contributed by atoms with van der Waals surface area (Å²) in [6.45, 7) is 8.12. The number of piperazine rings is 1. The van der Waals surface area contributed by atoms with Crippen molar-refractivity contribution in [1.29, 1.82) is 0 Å². The van der Waals surface area contributed by atoms with Crippen LogP contribution >= 0.6 is 11.6 Å². The number of carbonyl (C=O) groups is 1. The lowest BCUT2D eigenvalue weighted by Gasteiger charge is -2.47. The van der Waals surface area contributed by atoms with Crippen LogP contribution in [-0.4, -0.2) is 80.6 Å². The molecule has 0 saturated carbocycles. The average Bonchev–Trinajstić information content (AvgIpc) is 3.44. The molecule has 2 aromatic heterocycles. The zero-order valence-electron chi connectivity index (χ0n) is 20.6. The van der Waals surface area contributed by atoms with Crippen molar-refractivity contribution in [3.05, 3.63) is 65.1 Å². The Morgan fingerprint density at radius 3 is 2.56 bits per heavy atom. The number of likely N-dealkylation sites (tertiary alicyclic amines) is 1. The Morgan fingerprint density at radius 2 is 1.92 bits per heavy atom. The van der Waals surface area contributed by atoms with E-state index in [1.807, 2.05) is 24.4 Å². The van der Waals surface area contributed by atoms with Crippen molar-refractivity contribution in [1.82, 2.24) is 24.8 Å². The molecule has 0 spiro atoms. The standard InChI is InChI=1S/C27H33ClN6O2/c1-2-22-18-33(26-24(28)15-21(16-31-26)25-29-9-10-30-25)13-14-34(22)23-7-11-32(12-8-23)17-19-3-5-20(6-4-19)27(35)36/h3-6,9-10,15-16,22-23H,2,7-8,11-14,17-18H2,1H3,(H,29,30)(H,35,36)/t22-/m0/s1. The normalized spacial score (nSPS) is 20.1. The quantitative estimate of drug-likeness (QED) is 0.489. The number of carboxylic acids is 1. The van der Waals surface area contributed by atoms with Crippen LogP contribution in [0.2, 0.25) is 5.02 Å². The van der Waals surface area contributed by atoms with Gasteiger partial charge in [-0.3, -0.25) is 9.80 Å². The average molecular weight is 509 g/mol. The molecule has 190 valence electrons. The lowest BCUT2D eigenvalue weighted by Crippen LogP contribution is -2.58. The van der Waals surface area contributed by atoms with Crippen LogP contribution in [0.4, 0.5) is 5.82 Å². The van der Waals surface area contributed by atoms with Crippen LogP contribution in [0, 0.1) is 0 Å². The molecule has 1 atom stereocenters. The van der Waals surface area contributed by atoms with Crippen molar-refractivity contribution >= 4 is 23.4 Å². The van der Waals surface area contributed by atoms with Gasteiger partial charge in [-0.05, 0) is 56.1 Å². The van der Waals surface area contributed by atoms with E-state index in [0.29, 0.717) is 22.7 Å². The van der Waals surface area contributed by atoms with E-state index in [1.165, 1.54) is 5.56 Å². The highest BCUT2D eigenvalue weighted by Crippen LogP contribution is 2.31. The molecule has 2 saturated heterocycles. The number of H-pyrrole nitrogens is 1. The van der Waals surface area contributed by atoms with Gasteiger partial charge in [-0.25, -0.2) is 14.8 Å². The Labute approximate surface area is 216 Å². The largest absolute Gasteiger partial charge is 0.478 e. The Kier molecular flexibility index (Phi) is 7.55. The van der Waals surface area contributed by atoms with Crippen LogP contribution < -0.4 is 4.90 Å². The van der Waals surface area contributed by atoms with Crippen molar-refractivity contribution in [3.8, 4) is 11.4 Å². The van der Waals surface area contributed by atoms with Gasteiger partial charge in [0.2, 0.25) is 0 Å². The fourth-order valence-corrected chi connectivity index (χ4v) is 5.83. The zero-order chi connectivity index (χ0) is 25.1. The SMILES string of the molecule is CC[C@H]1CN(c2ncc(-c3ncc[nH]3)cc2Cl)CCN1C1CCN(Cc2ccc(C(=O)O)cc2)CC1. The number of piperidine rings is 1. The number of aromatic carboxylic acids is 1. The highest BCUT2D eigenvalue weighted by atomic mass is 35.5. The fourth-order valence-electron chi connectivity index (χ4n) is 5.54. The summed E-state index contributed by atoms with van der Waals surface area (Å²) in [7, 11) is 0. The van der Waals surface area contributed by atoms with Gasteiger partial charge < -0.3 is 15.0 Å².